The second-order valence-electron chi connectivity index (χ2n) is 5.21. The van der Waals surface area contributed by atoms with E-state index in [1.165, 1.54) is 4.90 Å². The summed E-state index contributed by atoms with van der Waals surface area (Å²) >= 11 is 0. The number of rotatable bonds is 3. The molecule has 1 saturated heterocycles. The average molecular weight is 297 g/mol. The average Bonchev–Trinajstić information content (AvgIpc) is 2.58. The topological polar surface area (TPSA) is 92.5 Å². The summed E-state index contributed by atoms with van der Waals surface area (Å²) in [4.78, 5) is 13.5. The minimum Gasteiger partial charge on any atom is -0.399 e. The largest absolute Gasteiger partial charge is 0.399 e. The molecule has 1 atom stereocenters. The number of sulfonamides is 1. The van der Waals surface area contributed by atoms with Crippen molar-refractivity contribution >= 4 is 21.6 Å². The number of hydrogen-bond donors (Lipinski definition) is 2. The molecule has 1 aromatic carbocycles. The summed E-state index contributed by atoms with van der Waals surface area (Å²) in [7, 11) is -2.07. The number of amides is 1. The number of nitrogens with two attached hydrogens (primary N) is 1. The molecule has 7 heteroatoms. The van der Waals surface area contributed by atoms with Crippen molar-refractivity contribution in [2.75, 3.05) is 19.3 Å². The monoisotopic (exact) mass is 297 g/mol. The first-order chi connectivity index (χ1) is 9.22. The van der Waals surface area contributed by atoms with Crippen molar-refractivity contribution in [1.82, 2.24) is 9.62 Å². The molecule has 6 nitrogen and oxygen atoms in total. The van der Waals surface area contributed by atoms with Gasteiger partial charge in [-0.15, -0.1) is 0 Å². The van der Waals surface area contributed by atoms with Gasteiger partial charge in [-0.1, -0.05) is 0 Å². The molecular weight excluding hydrogens is 278 g/mol. The van der Waals surface area contributed by atoms with Crippen LogP contribution in [0.3, 0.4) is 0 Å². The number of nitrogens with one attached hydrogen (secondary N) is 1. The van der Waals surface area contributed by atoms with Crippen molar-refractivity contribution in [3.63, 3.8) is 0 Å². The lowest BCUT2D eigenvalue weighted by molar-refractivity contribution is -0.127. The molecule has 110 valence electrons. The lowest BCUT2D eigenvalue weighted by Gasteiger charge is -2.16. The van der Waals surface area contributed by atoms with Gasteiger partial charge in [-0.3, -0.25) is 4.79 Å². The van der Waals surface area contributed by atoms with E-state index in [1.54, 1.807) is 33.0 Å². The molecule has 1 aliphatic rings. The lowest BCUT2D eigenvalue weighted by Crippen LogP contribution is -2.40. The minimum atomic E-state index is -3.73. The van der Waals surface area contributed by atoms with E-state index in [4.69, 9.17) is 5.73 Å². The smallest absolute Gasteiger partial charge is 0.241 e. The van der Waals surface area contributed by atoms with Gasteiger partial charge in [0, 0.05) is 19.3 Å². The molecule has 0 aromatic heterocycles. The van der Waals surface area contributed by atoms with E-state index in [2.05, 4.69) is 4.72 Å². The predicted octanol–water partition coefficient (Wildman–Crippen LogP) is 0.395. The molecule has 0 radical (unpaired) electrons. The highest BCUT2D eigenvalue weighted by molar-refractivity contribution is 7.89. The number of carbonyl (C=O) groups excluding carboxylic acids is 1. The first-order valence-electron chi connectivity index (χ1n) is 6.36. The van der Waals surface area contributed by atoms with Crippen LogP contribution in [0.5, 0.6) is 0 Å². The number of nitrogen functional groups attached to an aromatic ring is 1. The SMILES string of the molecule is Cc1cc(N)cc(C)c1S(=O)(=O)NC1CCN(C)C1=O. The van der Waals surface area contributed by atoms with Crippen LogP contribution in [-0.2, 0) is 14.8 Å². The summed E-state index contributed by atoms with van der Waals surface area (Å²) in [6, 6.07) is 2.55. The van der Waals surface area contributed by atoms with Gasteiger partial charge in [-0.25, -0.2) is 8.42 Å². The zero-order valence-corrected chi connectivity index (χ0v) is 12.6. The molecule has 1 aromatic rings. The second-order valence-corrected chi connectivity index (χ2v) is 6.86. The number of carbonyl (C=O) groups is 1. The van der Waals surface area contributed by atoms with Gasteiger partial charge >= 0.3 is 0 Å². The predicted molar refractivity (Wildman–Crippen MR) is 76.7 cm³/mol. The Balaban J connectivity index is 2.35. The molecule has 1 amide bonds. The van der Waals surface area contributed by atoms with Gasteiger partial charge in [0.15, 0.2) is 0 Å². The number of likely N-dealkylation sites (tertiary alicyclic amines) is 1. The number of likely N-dealkylation sites (N-methyl/N-ethyl adjacent to an activating group) is 1. The fourth-order valence-electron chi connectivity index (χ4n) is 2.59. The molecule has 2 rings (SSSR count). The number of aryl methyl sites for hydroxylation is 2. The van der Waals surface area contributed by atoms with Crippen LogP contribution in [0.4, 0.5) is 5.69 Å². The maximum atomic E-state index is 12.5. The summed E-state index contributed by atoms with van der Waals surface area (Å²) in [5.41, 5.74) is 7.38. The van der Waals surface area contributed by atoms with Gasteiger partial charge in [-0.2, -0.15) is 4.72 Å². The molecule has 0 saturated carbocycles. The molecule has 1 unspecified atom stereocenters. The lowest BCUT2D eigenvalue weighted by atomic mass is 10.1. The molecule has 1 heterocycles. The molecule has 0 spiro atoms. The molecular formula is C13H19N3O3S. The van der Waals surface area contributed by atoms with Gasteiger partial charge in [-0.05, 0) is 43.5 Å². The third-order valence-corrected chi connectivity index (χ3v) is 5.25. The highest BCUT2D eigenvalue weighted by atomic mass is 32.2. The normalized spacial score (nSPS) is 19.6. The standard InChI is InChI=1S/C13H19N3O3S/c1-8-6-10(14)7-9(2)12(8)20(18,19)15-11-4-5-16(3)13(11)17/h6-7,11,15H,4-5,14H2,1-3H3. The van der Waals surface area contributed by atoms with Crippen molar-refractivity contribution in [3.8, 4) is 0 Å². The van der Waals surface area contributed by atoms with Crippen LogP contribution in [0.25, 0.3) is 0 Å². The summed E-state index contributed by atoms with van der Waals surface area (Å²) in [6.45, 7) is 3.95. The highest BCUT2D eigenvalue weighted by Crippen LogP contribution is 2.24. The first-order valence-corrected chi connectivity index (χ1v) is 7.84. The number of benzene rings is 1. The van der Waals surface area contributed by atoms with Crippen LogP contribution < -0.4 is 10.5 Å². The zero-order chi connectivity index (χ0) is 15.1. The van der Waals surface area contributed by atoms with Crippen LogP contribution in [-0.4, -0.2) is 38.9 Å². The van der Waals surface area contributed by atoms with Crippen LogP contribution >= 0.6 is 0 Å². The van der Waals surface area contributed by atoms with E-state index in [1.807, 2.05) is 0 Å². The van der Waals surface area contributed by atoms with Gasteiger partial charge in [0.05, 0.1) is 4.90 Å². The third-order valence-electron chi connectivity index (χ3n) is 3.48. The quantitative estimate of drug-likeness (QED) is 0.790. The Morgan fingerprint density at radius 2 is 1.85 bits per heavy atom. The molecule has 3 N–H and O–H groups in total. The van der Waals surface area contributed by atoms with Gasteiger partial charge in [0.2, 0.25) is 15.9 Å². The molecule has 0 bridgehead atoms. The van der Waals surface area contributed by atoms with Gasteiger partial charge in [0.1, 0.15) is 6.04 Å². The highest BCUT2D eigenvalue weighted by Gasteiger charge is 2.33. The Hall–Kier alpha value is -1.60. The molecule has 0 aliphatic carbocycles. The summed E-state index contributed by atoms with van der Waals surface area (Å²) < 4.78 is 27.4. The van der Waals surface area contributed by atoms with Crippen molar-refractivity contribution in [1.29, 1.82) is 0 Å². The van der Waals surface area contributed by atoms with Crippen molar-refractivity contribution in [2.24, 2.45) is 0 Å². The summed E-state index contributed by atoms with van der Waals surface area (Å²) in [5, 5.41) is 0. The molecule has 1 fully saturated rings. The fourth-order valence-corrected chi connectivity index (χ4v) is 4.26. The van der Waals surface area contributed by atoms with E-state index >= 15 is 0 Å². The number of nitrogens with zero attached hydrogens (tertiary/aromatic N) is 1. The zero-order valence-electron chi connectivity index (χ0n) is 11.8. The van der Waals surface area contributed by atoms with E-state index in [0.29, 0.717) is 29.8 Å². The number of anilines is 1. The van der Waals surface area contributed by atoms with Crippen molar-refractivity contribution in [2.45, 2.75) is 31.2 Å². The van der Waals surface area contributed by atoms with Gasteiger partial charge in [0.25, 0.3) is 0 Å². The second kappa shape index (κ2) is 5.06. The summed E-state index contributed by atoms with van der Waals surface area (Å²) in [6.07, 6.45) is 0.488. The van der Waals surface area contributed by atoms with E-state index in [9.17, 15) is 13.2 Å². The minimum absolute atomic E-state index is 0.195. The van der Waals surface area contributed by atoms with Gasteiger partial charge < -0.3 is 10.6 Å². The van der Waals surface area contributed by atoms with Crippen LogP contribution in [0.15, 0.2) is 17.0 Å². The Labute approximate surface area is 119 Å². The Bertz CT molecular complexity index is 632. The summed E-state index contributed by atoms with van der Waals surface area (Å²) in [5.74, 6) is -0.195. The van der Waals surface area contributed by atoms with Crippen molar-refractivity contribution in [3.05, 3.63) is 23.3 Å². The maximum absolute atomic E-state index is 12.5. The van der Waals surface area contributed by atoms with E-state index in [0.717, 1.165) is 0 Å². The van der Waals surface area contributed by atoms with Crippen LogP contribution in [0.1, 0.15) is 17.5 Å². The fraction of sp³-hybridized carbons (Fsp3) is 0.462. The third kappa shape index (κ3) is 2.64. The Kier molecular flexibility index (Phi) is 3.75. The molecule has 20 heavy (non-hydrogen) atoms. The van der Waals surface area contributed by atoms with Crippen LogP contribution in [0.2, 0.25) is 0 Å². The Morgan fingerprint density at radius 1 is 1.30 bits per heavy atom. The first kappa shape index (κ1) is 14.8. The van der Waals surface area contributed by atoms with Crippen LogP contribution in [0, 0.1) is 13.8 Å². The maximum Gasteiger partial charge on any atom is 0.241 e. The molecule has 1 aliphatic heterocycles. The Morgan fingerprint density at radius 3 is 2.30 bits per heavy atom. The van der Waals surface area contributed by atoms with Crippen molar-refractivity contribution < 1.29 is 13.2 Å². The number of hydrogen-bond acceptors (Lipinski definition) is 4. The van der Waals surface area contributed by atoms with E-state index in [-0.39, 0.29) is 10.8 Å². The van der Waals surface area contributed by atoms with E-state index < -0.39 is 16.1 Å².